The fourth-order valence-corrected chi connectivity index (χ4v) is 2.15. The maximum Gasteiger partial charge on any atom is 0.103 e. The molecule has 0 fully saturated rings. The number of imidazole rings is 1. The Hall–Kier alpha value is -1.49. The molecule has 1 aromatic carbocycles. The Labute approximate surface area is 116 Å². The van der Waals surface area contributed by atoms with Crippen LogP contribution in [0.15, 0.2) is 28.9 Å². The number of H-pyrrole nitrogens is 1. The standard InChI is InChI=1S/C13H17BrN4/c1-9-15-7-11(17-9)8-16-12-6-10(14)4-5-13(12)18(2)3/h4-7,16H,8H2,1-3H3,(H,15,17). The molecule has 0 unspecified atom stereocenters. The number of hydrogen-bond acceptors (Lipinski definition) is 3. The molecule has 96 valence electrons. The Morgan fingerprint density at radius 1 is 1.39 bits per heavy atom. The van der Waals surface area contributed by atoms with Crippen molar-refractivity contribution in [2.45, 2.75) is 13.5 Å². The summed E-state index contributed by atoms with van der Waals surface area (Å²) in [7, 11) is 4.07. The van der Waals surface area contributed by atoms with Crippen LogP contribution in [0.2, 0.25) is 0 Å². The van der Waals surface area contributed by atoms with Crippen LogP contribution in [-0.2, 0) is 6.54 Å². The predicted octanol–water partition coefficient (Wildman–Crippen LogP) is 3.16. The molecule has 4 nitrogen and oxygen atoms in total. The van der Waals surface area contributed by atoms with Crippen molar-refractivity contribution in [1.82, 2.24) is 9.97 Å². The molecule has 2 aromatic rings. The molecule has 1 heterocycles. The number of benzene rings is 1. The van der Waals surface area contributed by atoms with E-state index in [2.05, 4.69) is 48.2 Å². The molecule has 0 atom stereocenters. The van der Waals surface area contributed by atoms with Crippen LogP contribution in [0.5, 0.6) is 0 Å². The van der Waals surface area contributed by atoms with Gasteiger partial charge in [-0.15, -0.1) is 0 Å². The zero-order valence-electron chi connectivity index (χ0n) is 10.8. The summed E-state index contributed by atoms with van der Waals surface area (Å²) in [6, 6.07) is 6.21. The molecule has 0 amide bonds. The van der Waals surface area contributed by atoms with Gasteiger partial charge < -0.3 is 15.2 Å². The predicted molar refractivity (Wildman–Crippen MR) is 79.1 cm³/mol. The van der Waals surface area contributed by atoms with Gasteiger partial charge in [-0.1, -0.05) is 15.9 Å². The fraction of sp³-hybridized carbons (Fsp3) is 0.308. The minimum absolute atomic E-state index is 0.734. The highest BCUT2D eigenvalue weighted by Crippen LogP contribution is 2.28. The van der Waals surface area contributed by atoms with Crippen LogP contribution in [-0.4, -0.2) is 24.1 Å². The number of aryl methyl sites for hydroxylation is 1. The average Bonchev–Trinajstić information content (AvgIpc) is 2.72. The van der Waals surface area contributed by atoms with Crippen LogP contribution in [0.3, 0.4) is 0 Å². The highest BCUT2D eigenvalue weighted by Gasteiger charge is 2.05. The molecule has 1 aromatic heterocycles. The van der Waals surface area contributed by atoms with Gasteiger partial charge in [-0.3, -0.25) is 0 Å². The van der Waals surface area contributed by atoms with Crippen LogP contribution in [0.4, 0.5) is 11.4 Å². The number of nitrogens with zero attached hydrogens (tertiary/aromatic N) is 2. The number of aromatic amines is 1. The van der Waals surface area contributed by atoms with E-state index in [1.807, 2.05) is 33.3 Å². The van der Waals surface area contributed by atoms with E-state index < -0.39 is 0 Å². The molecule has 0 bridgehead atoms. The van der Waals surface area contributed by atoms with E-state index in [1.165, 1.54) is 0 Å². The van der Waals surface area contributed by atoms with Crippen molar-refractivity contribution >= 4 is 27.3 Å². The summed E-state index contributed by atoms with van der Waals surface area (Å²) in [5.74, 6) is 0.939. The van der Waals surface area contributed by atoms with Crippen molar-refractivity contribution < 1.29 is 0 Å². The van der Waals surface area contributed by atoms with Gasteiger partial charge in [-0.2, -0.15) is 0 Å². The van der Waals surface area contributed by atoms with Crippen molar-refractivity contribution in [2.75, 3.05) is 24.3 Å². The number of halogens is 1. The van der Waals surface area contributed by atoms with Gasteiger partial charge in [0.25, 0.3) is 0 Å². The van der Waals surface area contributed by atoms with Crippen LogP contribution in [0.25, 0.3) is 0 Å². The molecule has 0 radical (unpaired) electrons. The van der Waals surface area contributed by atoms with Gasteiger partial charge in [0.1, 0.15) is 5.82 Å². The number of nitrogens with one attached hydrogen (secondary N) is 2. The smallest absolute Gasteiger partial charge is 0.103 e. The Morgan fingerprint density at radius 2 is 2.17 bits per heavy atom. The first-order valence-electron chi connectivity index (χ1n) is 5.77. The molecule has 0 saturated heterocycles. The third-order valence-corrected chi connectivity index (χ3v) is 3.16. The van der Waals surface area contributed by atoms with Gasteiger partial charge in [-0.05, 0) is 25.1 Å². The summed E-state index contributed by atoms with van der Waals surface area (Å²) >= 11 is 3.50. The summed E-state index contributed by atoms with van der Waals surface area (Å²) in [5.41, 5.74) is 3.34. The molecular formula is C13H17BrN4. The topological polar surface area (TPSA) is 44.0 Å². The van der Waals surface area contributed by atoms with Gasteiger partial charge in [0.2, 0.25) is 0 Å². The monoisotopic (exact) mass is 308 g/mol. The molecule has 18 heavy (non-hydrogen) atoms. The van der Waals surface area contributed by atoms with Crippen molar-refractivity contribution in [3.05, 3.63) is 40.4 Å². The van der Waals surface area contributed by atoms with E-state index in [-0.39, 0.29) is 0 Å². The van der Waals surface area contributed by atoms with Crippen molar-refractivity contribution in [2.24, 2.45) is 0 Å². The summed E-state index contributed by atoms with van der Waals surface area (Å²) in [5, 5.41) is 3.42. The van der Waals surface area contributed by atoms with Crippen LogP contribution < -0.4 is 10.2 Å². The molecular weight excluding hydrogens is 292 g/mol. The molecule has 0 spiro atoms. The molecule has 5 heteroatoms. The Balaban J connectivity index is 2.15. The van der Waals surface area contributed by atoms with Gasteiger partial charge in [-0.25, -0.2) is 4.98 Å². The lowest BCUT2D eigenvalue weighted by Crippen LogP contribution is -2.12. The van der Waals surface area contributed by atoms with Crippen LogP contribution >= 0.6 is 15.9 Å². The molecule has 2 rings (SSSR count). The normalized spacial score (nSPS) is 10.4. The maximum absolute atomic E-state index is 4.19. The fourth-order valence-electron chi connectivity index (χ4n) is 1.79. The first kappa shape index (κ1) is 13.0. The summed E-state index contributed by atoms with van der Waals surface area (Å²) in [4.78, 5) is 9.49. The van der Waals surface area contributed by atoms with Crippen LogP contribution in [0.1, 0.15) is 11.5 Å². The molecule has 0 aliphatic heterocycles. The Bertz CT molecular complexity index is 534. The third kappa shape index (κ3) is 3.04. The third-order valence-electron chi connectivity index (χ3n) is 2.67. The number of rotatable bonds is 4. The highest BCUT2D eigenvalue weighted by molar-refractivity contribution is 9.10. The zero-order chi connectivity index (χ0) is 13.1. The maximum atomic E-state index is 4.19. The first-order chi connectivity index (χ1) is 8.56. The lowest BCUT2D eigenvalue weighted by molar-refractivity contribution is 1.04. The zero-order valence-corrected chi connectivity index (χ0v) is 12.4. The van der Waals surface area contributed by atoms with E-state index in [4.69, 9.17) is 0 Å². The Kier molecular flexibility index (Phi) is 3.91. The van der Waals surface area contributed by atoms with E-state index in [0.29, 0.717) is 0 Å². The second-order valence-electron chi connectivity index (χ2n) is 4.40. The summed E-state index contributed by atoms with van der Waals surface area (Å²) in [6.45, 7) is 2.69. The van der Waals surface area contributed by atoms with E-state index >= 15 is 0 Å². The molecule has 0 aliphatic rings. The van der Waals surface area contributed by atoms with Gasteiger partial charge in [0.05, 0.1) is 29.8 Å². The second kappa shape index (κ2) is 5.44. The van der Waals surface area contributed by atoms with E-state index in [1.54, 1.807) is 0 Å². The number of aromatic nitrogens is 2. The summed E-state index contributed by atoms with van der Waals surface area (Å²) in [6.07, 6.45) is 1.86. The quantitative estimate of drug-likeness (QED) is 0.912. The average molecular weight is 309 g/mol. The van der Waals surface area contributed by atoms with Crippen molar-refractivity contribution in [3.8, 4) is 0 Å². The molecule has 0 aliphatic carbocycles. The summed E-state index contributed by atoms with van der Waals surface area (Å²) < 4.78 is 1.07. The first-order valence-corrected chi connectivity index (χ1v) is 6.57. The van der Waals surface area contributed by atoms with Gasteiger partial charge in [0, 0.05) is 18.6 Å². The van der Waals surface area contributed by atoms with Crippen molar-refractivity contribution in [1.29, 1.82) is 0 Å². The largest absolute Gasteiger partial charge is 0.378 e. The van der Waals surface area contributed by atoms with Gasteiger partial charge in [0.15, 0.2) is 0 Å². The van der Waals surface area contributed by atoms with Crippen LogP contribution in [0, 0.1) is 6.92 Å². The lowest BCUT2D eigenvalue weighted by Gasteiger charge is -2.18. The highest BCUT2D eigenvalue weighted by atomic mass is 79.9. The number of anilines is 2. The van der Waals surface area contributed by atoms with Gasteiger partial charge >= 0.3 is 0 Å². The minimum Gasteiger partial charge on any atom is -0.378 e. The van der Waals surface area contributed by atoms with Crippen molar-refractivity contribution in [3.63, 3.8) is 0 Å². The second-order valence-corrected chi connectivity index (χ2v) is 5.32. The molecule has 2 N–H and O–H groups in total. The molecule has 0 saturated carbocycles. The Morgan fingerprint density at radius 3 is 2.78 bits per heavy atom. The van der Waals surface area contributed by atoms with E-state index in [9.17, 15) is 0 Å². The van der Waals surface area contributed by atoms with E-state index in [0.717, 1.165) is 33.9 Å². The lowest BCUT2D eigenvalue weighted by atomic mass is 10.2. The minimum atomic E-state index is 0.734. The SMILES string of the molecule is Cc1ncc(CNc2cc(Br)ccc2N(C)C)[nH]1. The number of hydrogen-bond donors (Lipinski definition) is 2.